The minimum absolute atomic E-state index is 0.687. The Hall–Kier alpha value is -1.94. The van der Waals surface area contributed by atoms with Crippen molar-refractivity contribution < 1.29 is 4.74 Å². The maximum atomic E-state index is 5.95. The van der Waals surface area contributed by atoms with Gasteiger partial charge in [-0.3, -0.25) is 0 Å². The summed E-state index contributed by atoms with van der Waals surface area (Å²) in [5, 5.41) is 3.20. The molecule has 0 amide bonds. The highest BCUT2D eigenvalue weighted by Crippen LogP contribution is 2.31. The van der Waals surface area contributed by atoms with Gasteiger partial charge in [0, 0.05) is 43.0 Å². The molecule has 0 spiro atoms. The molecule has 2 rings (SSSR count). The lowest BCUT2D eigenvalue weighted by Gasteiger charge is -2.15. The van der Waals surface area contributed by atoms with Gasteiger partial charge in [0.05, 0.1) is 6.61 Å². The van der Waals surface area contributed by atoms with E-state index in [1.165, 1.54) is 5.56 Å². The van der Waals surface area contributed by atoms with Gasteiger partial charge in [-0.1, -0.05) is 0 Å². The number of nitrogens with one attached hydrogen (secondary N) is 2. The van der Waals surface area contributed by atoms with E-state index in [1.54, 1.807) is 7.11 Å². The first-order valence-corrected chi connectivity index (χ1v) is 5.99. The highest BCUT2D eigenvalue weighted by atomic mass is 16.5. The quantitative estimate of drug-likeness (QED) is 0.709. The number of rotatable bonds is 5. The summed E-state index contributed by atoms with van der Waals surface area (Å²) in [5.41, 5.74) is 11.2. The van der Waals surface area contributed by atoms with Crippen molar-refractivity contribution in [3.63, 3.8) is 0 Å². The minimum atomic E-state index is 0.687. The zero-order valence-corrected chi connectivity index (χ0v) is 10.8. The second kappa shape index (κ2) is 5.60. The molecule has 0 aliphatic rings. The topological polar surface area (TPSA) is 63.1 Å². The first kappa shape index (κ1) is 12.5. The van der Waals surface area contributed by atoms with Crippen LogP contribution in [0.4, 0.5) is 11.4 Å². The van der Waals surface area contributed by atoms with E-state index in [4.69, 9.17) is 10.5 Å². The lowest BCUT2D eigenvalue weighted by atomic mass is 9.99. The van der Waals surface area contributed by atoms with Crippen molar-refractivity contribution in [1.82, 2.24) is 4.98 Å². The number of nitrogen functional groups attached to an aromatic ring is 1. The van der Waals surface area contributed by atoms with Crippen LogP contribution in [-0.4, -0.2) is 25.7 Å². The number of ether oxygens (including phenoxy) is 1. The molecule has 0 radical (unpaired) electrons. The summed E-state index contributed by atoms with van der Waals surface area (Å²) in [5.74, 6) is 0. The van der Waals surface area contributed by atoms with Crippen LogP contribution in [0.1, 0.15) is 5.56 Å². The van der Waals surface area contributed by atoms with E-state index in [9.17, 15) is 0 Å². The molecule has 0 aliphatic carbocycles. The van der Waals surface area contributed by atoms with Gasteiger partial charge in [0.1, 0.15) is 0 Å². The smallest absolute Gasteiger partial charge is 0.0503 e. The van der Waals surface area contributed by atoms with Gasteiger partial charge in [-0.05, 0) is 36.2 Å². The van der Waals surface area contributed by atoms with E-state index < -0.39 is 0 Å². The van der Waals surface area contributed by atoms with Crippen LogP contribution in [0.15, 0.2) is 30.5 Å². The molecule has 0 saturated heterocycles. The monoisotopic (exact) mass is 245 g/mol. The Morgan fingerprint density at radius 3 is 2.83 bits per heavy atom. The third-order valence-electron chi connectivity index (χ3n) is 2.99. The summed E-state index contributed by atoms with van der Waals surface area (Å²) >= 11 is 0. The predicted octanol–water partition coefficient (Wildman–Crippen LogP) is 2.49. The molecule has 0 unspecified atom stereocenters. The normalized spacial score (nSPS) is 10.6. The maximum Gasteiger partial charge on any atom is 0.0503 e. The molecule has 0 fully saturated rings. The number of aromatic amines is 1. The third kappa shape index (κ3) is 2.49. The van der Waals surface area contributed by atoms with Gasteiger partial charge < -0.3 is 20.8 Å². The lowest BCUT2D eigenvalue weighted by molar-refractivity contribution is 0.202. The number of H-pyrrole nitrogens is 1. The highest BCUT2D eigenvalue weighted by Gasteiger charge is 2.11. The molecule has 1 aromatic carbocycles. The number of methoxy groups -OCH3 is 1. The molecule has 4 heteroatoms. The Kier molecular flexibility index (Phi) is 3.89. The molecule has 4 N–H and O–H groups in total. The standard InChI is InChI=1S/C14H19N3O/c1-16-14-9-10(15)8-12(11(14)5-7-18-2)13-4-3-6-17-13/h3-4,6,8-9,16-17H,5,7,15H2,1-2H3. The lowest BCUT2D eigenvalue weighted by Crippen LogP contribution is -2.04. The van der Waals surface area contributed by atoms with Gasteiger partial charge in [-0.25, -0.2) is 0 Å². The first-order valence-electron chi connectivity index (χ1n) is 5.99. The molecule has 0 saturated carbocycles. The summed E-state index contributed by atoms with van der Waals surface area (Å²) in [6.45, 7) is 0.687. The van der Waals surface area contributed by atoms with Crippen LogP contribution in [-0.2, 0) is 11.2 Å². The number of nitrogens with two attached hydrogens (primary N) is 1. The molecule has 4 nitrogen and oxygen atoms in total. The van der Waals surface area contributed by atoms with Crippen molar-refractivity contribution >= 4 is 11.4 Å². The Morgan fingerprint density at radius 2 is 2.22 bits per heavy atom. The van der Waals surface area contributed by atoms with Crippen LogP contribution in [0.25, 0.3) is 11.3 Å². The Morgan fingerprint density at radius 1 is 1.39 bits per heavy atom. The number of hydrogen-bond donors (Lipinski definition) is 3. The average Bonchev–Trinajstić information content (AvgIpc) is 2.90. The van der Waals surface area contributed by atoms with E-state index in [-0.39, 0.29) is 0 Å². The molecule has 1 heterocycles. The van der Waals surface area contributed by atoms with Gasteiger partial charge in [0.2, 0.25) is 0 Å². The number of hydrogen-bond acceptors (Lipinski definition) is 3. The van der Waals surface area contributed by atoms with Gasteiger partial charge >= 0.3 is 0 Å². The minimum Gasteiger partial charge on any atom is -0.399 e. The van der Waals surface area contributed by atoms with E-state index in [0.29, 0.717) is 6.61 Å². The second-order valence-electron chi connectivity index (χ2n) is 4.17. The second-order valence-corrected chi connectivity index (χ2v) is 4.17. The molecule has 1 aromatic heterocycles. The van der Waals surface area contributed by atoms with Crippen LogP contribution in [0.3, 0.4) is 0 Å². The molecule has 0 bridgehead atoms. The summed E-state index contributed by atoms with van der Waals surface area (Å²) in [6, 6.07) is 7.98. The maximum absolute atomic E-state index is 5.95. The zero-order chi connectivity index (χ0) is 13.0. The Balaban J connectivity index is 2.51. The van der Waals surface area contributed by atoms with E-state index >= 15 is 0 Å². The SMILES string of the molecule is CNc1cc(N)cc(-c2ccc[nH]2)c1CCOC. The highest BCUT2D eigenvalue weighted by molar-refractivity contribution is 5.76. The van der Waals surface area contributed by atoms with Gasteiger partial charge in [0.25, 0.3) is 0 Å². The van der Waals surface area contributed by atoms with Crippen LogP contribution < -0.4 is 11.1 Å². The molecular weight excluding hydrogens is 226 g/mol. The van der Waals surface area contributed by atoms with Crippen LogP contribution in [0.5, 0.6) is 0 Å². The van der Waals surface area contributed by atoms with E-state index in [2.05, 4.69) is 10.3 Å². The molecule has 0 atom stereocenters. The first-order chi connectivity index (χ1) is 8.76. The molecule has 18 heavy (non-hydrogen) atoms. The van der Waals surface area contributed by atoms with E-state index in [1.807, 2.05) is 37.5 Å². The number of benzene rings is 1. The molecule has 96 valence electrons. The van der Waals surface area contributed by atoms with Gasteiger partial charge in [-0.2, -0.15) is 0 Å². The predicted molar refractivity (Wildman–Crippen MR) is 75.8 cm³/mol. The molecule has 2 aromatic rings. The fraction of sp³-hybridized carbons (Fsp3) is 0.286. The molecular formula is C14H19N3O. The van der Waals surface area contributed by atoms with Crippen molar-refractivity contribution in [2.24, 2.45) is 0 Å². The number of anilines is 2. The van der Waals surface area contributed by atoms with Gasteiger partial charge in [0.15, 0.2) is 0 Å². The fourth-order valence-electron chi connectivity index (χ4n) is 2.13. The zero-order valence-electron chi connectivity index (χ0n) is 10.8. The largest absolute Gasteiger partial charge is 0.399 e. The number of aromatic nitrogens is 1. The Labute approximate surface area is 107 Å². The summed E-state index contributed by atoms with van der Waals surface area (Å²) in [6.07, 6.45) is 2.76. The summed E-state index contributed by atoms with van der Waals surface area (Å²) in [7, 11) is 3.62. The van der Waals surface area contributed by atoms with Crippen LogP contribution >= 0.6 is 0 Å². The van der Waals surface area contributed by atoms with Gasteiger partial charge in [-0.15, -0.1) is 0 Å². The molecule has 0 aliphatic heterocycles. The van der Waals surface area contributed by atoms with Crippen LogP contribution in [0.2, 0.25) is 0 Å². The van der Waals surface area contributed by atoms with Crippen molar-refractivity contribution in [1.29, 1.82) is 0 Å². The van der Waals surface area contributed by atoms with Crippen LogP contribution in [0, 0.1) is 0 Å². The van der Waals surface area contributed by atoms with Crippen molar-refractivity contribution in [3.05, 3.63) is 36.0 Å². The van der Waals surface area contributed by atoms with E-state index in [0.717, 1.165) is 29.1 Å². The third-order valence-corrected chi connectivity index (χ3v) is 2.99. The van der Waals surface area contributed by atoms with Crippen molar-refractivity contribution in [2.75, 3.05) is 31.8 Å². The van der Waals surface area contributed by atoms with Crippen molar-refractivity contribution in [3.8, 4) is 11.3 Å². The van der Waals surface area contributed by atoms with Crippen molar-refractivity contribution in [2.45, 2.75) is 6.42 Å². The summed E-state index contributed by atoms with van der Waals surface area (Å²) in [4.78, 5) is 3.22. The fourth-order valence-corrected chi connectivity index (χ4v) is 2.13. The summed E-state index contributed by atoms with van der Waals surface area (Å²) < 4.78 is 5.18. The average molecular weight is 245 g/mol. The Bertz CT molecular complexity index is 506.